The summed E-state index contributed by atoms with van der Waals surface area (Å²) >= 11 is 0. The van der Waals surface area contributed by atoms with Gasteiger partial charge in [-0.2, -0.15) is 0 Å². The van der Waals surface area contributed by atoms with Gasteiger partial charge < -0.3 is 10.1 Å². The van der Waals surface area contributed by atoms with Crippen molar-refractivity contribution in [2.45, 2.75) is 20.8 Å². The average Bonchev–Trinajstić information content (AvgIpc) is 2.45. The van der Waals surface area contributed by atoms with Crippen LogP contribution in [0.15, 0.2) is 18.2 Å². The van der Waals surface area contributed by atoms with Gasteiger partial charge in [0.05, 0.1) is 12.8 Å². The van der Waals surface area contributed by atoms with Crippen LogP contribution in [-0.4, -0.2) is 23.9 Å². The van der Waals surface area contributed by atoms with Gasteiger partial charge in [0.2, 0.25) is 0 Å². The van der Waals surface area contributed by atoms with E-state index in [1.165, 1.54) is 13.2 Å². The highest BCUT2D eigenvalue weighted by molar-refractivity contribution is 5.67. The normalized spacial score (nSPS) is 10.4. The summed E-state index contributed by atoms with van der Waals surface area (Å²) in [5.41, 5.74) is 2.89. The minimum Gasteiger partial charge on any atom is -0.497 e. The lowest BCUT2D eigenvalue weighted by Crippen LogP contribution is -2.06. The summed E-state index contributed by atoms with van der Waals surface area (Å²) in [7, 11) is 1.51. The van der Waals surface area contributed by atoms with Crippen LogP contribution in [0.3, 0.4) is 0 Å². The minimum absolute atomic E-state index is 0.364. The van der Waals surface area contributed by atoms with E-state index < -0.39 is 0 Å². The Balaban J connectivity index is 2.51. The van der Waals surface area contributed by atoms with E-state index in [-0.39, 0.29) is 5.82 Å². The van der Waals surface area contributed by atoms with Gasteiger partial charge in [-0.25, -0.2) is 4.39 Å². The van der Waals surface area contributed by atoms with E-state index in [1.54, 1.807) is 12.1 Å². The molecule has 5 heteroatoms. The summed E-state index contributed by atoms with van der Waals surface area (Å²) in [6, 6.07) is 4.73. The Labute approximate surface area is 118 Å². The SMILES string of the molecule is CCNc1nnc(-c2ccc(OC)cc2F)c(C)c1C. The standard InChI is InChI=1S/C15H18FN3O/c1-5-17-15-10(3)9(2)14(18-19-15)12-7-6-11(20-4)8-13(12)16/h6-8H,5H2,1-4H3,(H,17,19). The lowest BCUT2D eigenvalue weighted by Gasteiger charge is -2.12. The van der Waals surface area contributed by atoms with E-state index in [9.17, 15) is 4.39 Å². The van der Waals surface area contributed by atoms with Crippen molar-refractivity contribution in [1.82, 2.24) is 10.2 Å². The molecule has 1 N–H and O–H groups in total. The van der Waals surface area contributed by atoms with E-state index in [0.717, 1.165) is 23.5 Å². The van der Waals surface area contributed by atoms with E-state index in [2.05, 4.69) is 15.5 Å². The molecule has 1 aromatic carbocycles. The van der Waals surface area contributed by atoms with Gasteiger partial charge >= 0.3 is 0 Å². The van der Waals surface area contributed by atoms with Crippen LogP contribution in [0.1, 0.15) is 18.1 Å². The molecule has 2 rings (SSSR count). The Morgan fingerprint density at radius 2 is 1.95 bits per heavy atom. The van der Waals surface area contributed by atoms with Crippen LogP contribution in [0.25, 0.3) is 11.3 Å². The Morgan fingerprint density at radius 3 is 2.55 bits per heavy atom. The lowest BCUT2D eigenvalue weighted by molar-refractivity contribution is 0.411. The Morgan fingerprint density at radius 1 is 1.20 bits per heavy atom. The number of benzene rings is 1. The molecule has 0 saturated carbocycles. The maximum absolute atomic E-state index is 14.1. The number of nitrogens with zero attached hydrogens (tertiary/aromatic N) is 2. The number of hydrogen-bond acceptors (Lipinski definition) is 4. The molecule has 0 amide bonds. The molecule has 4 nitrogen and oxygen atoms in total. The fraction of sp³-hybridized carbons (Fsp3) is 0.333. The first-order valence-electron chi connectivity index (χ1n) is 6.50. The lowest BCUT2D eigenvalue weighted by atomic mass is 10.0. The molecule has 0 atom stereocenters. The highest BCUT2D eigenvalue weighted by Crippen LogP contribution is 2.29. The molecule has 0 saturated heterocycles. The zero-order chi connectivity index (χ0) is 14.7. The van der Waals surface area contributed by atoms with E-state index in [1.807, 2.05) is 20.8 Å². The first kappa shape index (κ1) is 14.2. The number of halogens is 1. The van der Waals surface area contributed by atoms with E-state index in [4.69, 9.17) is 4.74 Å². The molecule has 0 unspecified atom stereocenters. The summed E-state index contributed by atoms with van der Waals surface area (Å²) in [6.45, 7) is 6.63. The van der Waals surface area contributed by atoms with Crippen molar-refractivity contribution in [2.24, 2.45) is 0 Å². The third kappa shape index (κ3) is 2.57. The molecule has 106 valence electrons. The molecule has 20 heavy (non-hydrogen) atoms. The molecule has 0 aliphatic heterocycles. The smallest absolute Gasteiger partial charge is 0.151 e. The van der Waals surface area contributed by atoms with Gasteiger partial charge in [-0.1, -0.05) is 0 Å². The van der Waals surface area contributed by atoms with E-state index in [0.29, 0.717) is 17.0 Å². The maximum atomic E-state index is 14.1. The summed E-state index contributed by atoms with van der Waals surface area (Å²) in [5, 5.41) is 11.4. The highest BCUT2D eigenvalue weighted by atomic mass is 19.1. The van der Waals surface area contributed by atoms with Crippen molar-refractivity contribution in [3.05, 3.63) is 35.1 Å². The topological polar surface area (TPSA) is 47.0 Å². The second-order valence-electron chi connectivity index (χ2n) is 4.52. The van der Waals surface area contributed by atoms with Crippen molar-refractivity contribution in [3.8, 4) is 17.0 Å². The summed E-state index contributed by atoms with van der Waals surface area (Å²) < 4.78 is 19.1. The monoisotopic (exact) mass is 275 g/mol. The van der Waals surface area contributed by atoms with Crippen LogP contribution in [-0.2, 0) is 0 Å². The molecule has 0 fully saturated rings. The van der Waals surface area contributed by atoms with Crippen LogP contribution in [0, 0.1) is 19.7 Å². The Kier molecular flexibility index (Phi) is 4.17. The number of nitrogens with one attached hydrogen (secondary N) is 1. The molecule has 0 spiro atoms. The van der Waals surface area contributed by atoms with Crippen LogP contribution < -0.4 is 10.1 Å². The molecule has 0 radical (unpaired) electrons. The largest absolute Gasteiger partial charge is 0.497 e. The summed E-state index contributed by atoms with van der Waals surface area (Å²) in [6.07, 6.45) is 0. The predicted molar refractivity (Wildman–Crippen MR) is 77.6 cm³/mol. The molecule has 0 aliphatic carbocycles. The van der Waals surface area contributed by atoms with Crippen LogP contribution >= 0.6 is 0 Å². The van der Waals surface area contributed by atoms with Gasteiger partial charge in [-0.05, 0) is 44.0 Å². The van der Waals surface area contributed by atoms with Crippen LogP contribution in [0.4, 0.5) is 10.2 Å². The summed E-state index contributed by atoms with van der Waals surface area (Å²) in [4.78, 5) is 0. The Bertz CT molecular complexity index is 629. The molecule has 1 heterocycles. The second kappa shape index (κ2) is 5.86. The first-order valence-corrected chi connectivity index (χ1v) is 6.50. The van der Waals surface area contributed by atoms with Crippen molar-refractivity contribution in [3.63, 3.8) is 0 Å². The maximum Gasteiger partial charge on any atom is 0.151 e. The van der Waals surface area contributed by atoms with Crippen LogP contribution in [0.5, 0.6) is 5.75 Å². The zero-order valence-corrected chi connectivity index (χ0v) is 12.1. The number of methoxy groups -OCH3 is 1. The second-order valence-corrected chi connectivity index (χ2v) is 4.52. The van der Waals surface area contributed by atoms with Gasteiger partial charge in [-0.3, -0.25) is 0 Å². The highest BCUT2D eigenvalue weighted by Gasteiger charge is 2.14. The van der Waals surface area contributed by atoms with Gasteiger partial charge in [0.25, 0.3) is 0 Å². The number of ether oxygens (including phenoxy) is 1. The molecular formula is C15H18FN3O. The van der Waals surface area contributed by atoms with Gasteiger partial charge in [0.1, 0.15) is 11.6 Å². The number of hydrogen-bond donors (Lipinski definition) is 1. The van der Waals surface area contributed by atoms with Crippen molar-refractivity contribution in [1.29, 1.82) is 0 Å². The third-order valence-corrected chi connectivity index (χ3v) is 3.30. The Hall–Kier alpha value is -2.17. The zero-order valence-electron chi connectivity index (χ0n) is 12.1. The van der Waals surface area contributed by atoms with Crippen molar-refractivity contribution >= 4 is 5.82 Å². The van der Waals surface area contributed by atoms with Gasteiger partial charge in [-0.15, -0.1) is 10.2 Å². The molecular weight excluding hydrogens is 257 g/mol. The molecule has 0 aliphatic rings. The van der Waals surface area contributed by atoms with E-state index >= 15 is 0 Å². The quantitative estimate of drug-likeness (QED) is 0.929. The van der Waals surface area contributed by atoms with Crippen LogP contribution in [0.2, 0.25) is 0 Å². The van der Waals surface area contributed by atoms with Crippen molar-refractivity contribution < 1.29 is 9.13 Å². The minimum atomic E-state index is -0.364. The fourth-order valence-corrected chi connectivity index (χ4v) is 2.01. The molecule has 2 aromatic rings. The number of anilines is 1. The third-order valence-electron chi connectivity index (χ3n) is 3.30. The first-order chi connectivity index (χ1) is 9.58. The fourth-order valence-electron chi connectivity index (χ4n) is 2.01. The number of aromatic nitrogens is 2. The summed E-state index contributed by atoms with van der Waals surface area (Å²) in [5.74, 6) is 0.859. The average molecular weight is 275 g/mol. The molecule has 0 bridgehead atoms. The molecule has 1 aromatic heterocycles. The predicted octanol–water partition coefficient (Wildman–Crippen LogP) is 3.34. The van der Waals surface area contributed by atoms with Gasteiger partial charge in [0.15, 0.2) is 5.82 Å². The van der Waals surface area contributed by atoms with Crippen molar-refractivity contribution in [2.75, 3.05) is 19.0 Å². The number of rotatable bonds is 4. The van der Waals surface area contributed by atoms with Gasteiger partial charge in [0, 0.05) is 18.2 Å².